The van der Waals surface area contributed by atoms with Crippen molar-refractivity contribution >= 4 is 17.7 Å². The van der Waals surface area contributed by atoms with E-state index in [1.54, 1.807) is 6.07 Å². The van der Waals surface area contributed by atoms with Gasteiger partial charge in [-0.2, -0.15) is 0 Å². The molecule has 0 aliphatic rings. The maximum Gasteiger partial charge on any atom is 0.358 e. The number of esters is 1. The molecule has 1 heterocycles. The predicted molar refractivity (Wildman–Crippen MR) is 74.3 cm³/mol. The standard InChI is InChI=1S/C13H20N4O3/c1-13(2,3)12(19)15-8-7-14-10-6-5-9(16-17-10)11(18)20-4/h5-6H,7-8H2,1-4H3,(H,14,17)(H,15,19). The molecule has 0 aromatic carbocycles. The molecule has 7 nitrogen and oxygen atoms in total. The first-order valence-corrected chi connectivity index (χ1v) is 6.29. The molecule has 20 heavy (non-hydrogen) atoms. The van der Waals surface area contributed by atoms with Gasteiger partial charge in [0.25, 0.3) is 0 Å². The molecule has 0 bridgehead atoms. The third-order valence-electron chi connectivity index (χ3n) is 2.46. The van der Waals surface area contributed by atoms with Gasteiger partial charge in [0.1, 0.15) is 5.82 Å². The Balaban J connectivity index is 2.36. The van der Waals surface area contributed by atoms with Crippen LogP contribution in [0.25, 0.3) is 0 Å². The van der Waals surface area contributed by atoms with Gasteiger partial charge < -0.3 is 15.4 Å². The summed E-state index contributed by atoms with van der Waals surface area (Å²) in [5.74, 6) is -0.00410. The summed E-state index contributed by atoms with van der Waals surface area (Å²) >= 11 is 0. The van der Waals surface area contributed by atoms with Crippen LogP contribution >= 0.6 is 0 Å². The number of nitrogens with one attached hydrogen (secondary N) is 2. The molecule has 0 saturated heterocycles. The Kier molecular flexibility index (Phi) is 5.42. The highest BCUT2D eigenvalue weighted by Crippen LogP contribution is 2.11. The second-order valence-electron chi connectivity index (χ2n) is 5.23. The van der Waals surface area contributed by atoms with Crippen LogP contribution in [0.2, 0.25) is 0 Å². The maximum absolute atomic E-state index is 11.6. The highest BCUT2D eigenvalue weighted by Gasteiger charge is 2.20. The first-order valence-electron chi connectivity index (χ1n) is 6.29. The van der Waals surface area contributed by atoms with Crippen LogP contribution in [0.1, 0.15) is 31.3 Å². The Bertz CT molecular complexity index is 465. The molecule has 0 aliphatic carbocycles. The van der Waals surface area contributed by atoms with Crippen LogP contribution in [-0.2, 0) is 9.53 Å². The highest BCUT2D eigenvalue weighted by molar-refractivity contribution is 5.87. The zero-order valence-electron chi connectivity index (χ0n) is 12.2. The summed E-state index contributed by atoms with van der Waals surface area (Å²) in [5, 5.41) is 13.4. The number of methoxy groups -OCH3 is 1. The van der Waals surface area contributed by atoms with E-state index in [0.717, 1.165) is 0 Å². The van der Waals surface area contributed by atoms with Gasteiger partial charge in [0.05, 0.1) is 7.11 Å². The van der Waals surface area contributed by atoms with Crippen molar-refractivity contribution in [3.63, 3.8) is 0 Å². The minimum Gasteiger partial charge on any atom is -0.464 e. The number of amides is 1. The topological polar surface area (TPSA) is 93.2 Å². The lowest BCUT2D eigenvalue weighted by atomic mass is 9.96. The molecule has 1 rings (SSSR count). The number of carbonyl (C=O) groups excluding carboxylic acids is 2. The number of hydrogen-bond acceptors (Lipinski definition) is 6. The third kappa shape index (κ3) is 4.83. The highest BCUT2D eigenvalue weighted by atomic mass is 16.5. The van der Waals surface area contributed by atoms with Gasteiger partial charge in [0.2, 0.25) is 5.91 Å². The van der Waals surface area contributed by atoms with Crippen LogP contribution in [0.15, 0.2) is 12.1 Å². The van der Waals surface area contributed by atoms with E-state index in [1.807, 2.05) is 20.8 Å². The Labute approximate surface area is 118 Å². The number of anilines is 1. The van der Waals surface area contributed by atoms with Gasteiger partial charge in [-0.15, -0.1) is 10.2 Å². The van der Waals surface area contributed by atoms with Crippen LogP contribution in [0.4, 0.5) is 5.82 Å². The van der Waals surface area contributed by atoms with E-state index in [1.165, 1.54) is 13.2 Å². The summed E-state index contributed by atoms with van der Waals surface area (Å²) in [4.78, 5) is 22.8. The molecule has 1 aromatic heterocycles. The van der Waals surface area contributed by atoms with Gasteiger partial charge in [-0.3, -0.25) is 4.79 Å². The first-order chi connectivity index (χ1) is 9.34. The Hall–Kier alpha value is -2.18. The lowest BCUT2D eigenvalue weighted by Gasteiger charge is -2.17. The summed E-state index contributed by atoms with van der Waals surface area (Å²) in [6.45, 7) is 6.57. The van der Waals surface area contributed by atoms with E-state index in [2.05, 4.69) is 25.6 Å². The smallest absolute Gasteiger partial charge is 0.358 e. The van der Waals surface area contributed by atoms with Crippen LogP contribution in [0.5, 0.6) is 0 Å². The van der Waals surface area contributed by atoms with Gasteiger partial charge >= 0.3 is 5.97 Å². The van der Waals surface area contributed by atoms with Gasteiger partial charge in [0.15, 0.2) is 5.69 Å². The Morgan fingerprint density at radius 2 is 1.90 bits per heavy atom. The molecule has 1 amide bonds. The molecular weight excluding hydrogens is 260 g/mol. The lowest BCUT2D eigenvalue weighted by Crippen LogP contribution is -2.37. The molecule has 0 radical (unpaired) electrons. The summed E-state index contributed by atoms with van der Waals surface area (Å²) < 4.78 is 4.52. The number of ether oxygens (including phenoxy) is 1. The van der Waals surface area contributed by atoms with Crippen molar-refractivity contribution in [1.29, 1.82) is 0 Å². The molecule has 0 saturated carbocycles. The van der Waals surface area contributed by atoms with E-state index < -0.39 is 11.4 Å². The summed E-state index contributed by atoms with van der Waals surface area (Å²) in [5.41, 5.74) is -0.249. The Morgan fingerprint density at radius 1 is 1.20 bits per heavy atom. The van der Waals surface area contributed by atoms with E-state index >= 15 is 0 Å². The monoisotopic (exact) mass is 280 g/mol. The second kappa shape index (κ2) is 6.83. The molecule has 0 spiro atoms. The predicted octanol–water partition coefficient (Wildman–Crippen LogP) is 0.837. The van der Waals surface area contributed by atoms with Crippen LogP contribution in [-0.4, -0.2) is 42.3 Å². The van der Waals surface area contributed by atoms with Gasteiger partial charge in [-0.25, -0.2) is 4.79 Å². The molecule has 0 fully saturated rings. The summed E-state index contributed by atoms with van der Waals surface area (Å²) in [7, 11) is 1.29. The van der Waals surface area contributed by atoms with Crippen molar-refractivity contribution in [3.8, 4) is 0 Å². The molecule has 1 aromatic rings. The van der Waals surface area contributed by atoms with Crippen molar-refractivity contribution in [3.05, 3.63) is 17.8 Å². The van der Waals surface area contributed by atoms with Gasteiger partial charge in [-0.05, 0) is 12.1 Å². The van der Waals surface area contributed by atoms with Crippen LogP contribution in [0, 0.1) is 5.41 Å². The summed E-state index contributed by atoms with van der Waals surface area (Å²) in [6.07, 6.45) is 0. The largest absolute Gasteiger partial charge is 0.464 e. The lowest BCUT2D eigenvalue weighted by molar-refractivity contribution is -0.128. The average molecular weight is 280 g/mol. The number of rotatable bonds is 5. The molecule has 110 valence electrons. The van der Waals surface area contributed by atoms with Crippen LogP contribution in [0.3, 0.4) is 0 Å². The van der Waals surface area contributed by atoms with E-state index in [4.69, 9.17) is 0 Å². The fourth-order valence-corrected chi connectivity index (χ4v) is 1.27. The molecule has 0 unspecified atom stereocenters. The normalized spacial score (nSPS) is 10.8. The van der Waals surface area contributed by atoms with Crippen molar-refractivity contribution in [1.82, 2.24) is 15.5 Å². The number of aromatic nitrogens is 2. The molecule has 2 N–H and O–H groups in total. The van der Waals surface area contributed by atoms with Crippen LogP contribution < -0.4 is 10.6 Å². The van der Waals surface area contributed by atoms with E-state index in [9.17, 15) is 9.59 Å². The van der Waals surface area contributed by atoms with Crippen molar-refractivity contribution in [2.24, 2.45) is 5.41 Å². The minimum atomic E-state index is -0.526. The van der Waals surface area contributed by atoms with Crippen molar-refractivity contribution in [2.75, 3.05) is 25.5 Å². The summed E-state index contributed by atoms with van der Waals surface area (Å²) in [6, 6.07) is 3.15. The SMILES string of the molecule is COC(=O)c1ccc(NCCNC(=O)C(C)(C)C)nn1. The quantitative estimate of drug-likeness (QED) is 0.613. The fraction of sp³-hybridized carbons (Fsp3) is 0.538. The molecule has 0 aliphatic heterocycles. The van der Waals surface area contributed by atoms with E-state index in [0.29, 0.717) is 18.9 Å². The molecule has 0 atom stereocenters. The number of carbonyl (C=O) groups is 2. The van der Waals surface area contributed by atoms with Crippen molar-refractivity contribution < 1.29 is 14.3 Å². The first kappa shape index (κ1) is 15.9. The fourth-order valence-electron chi connectivity index (χ4n) is 1.27. The third-order valence-corrected chi connectivity index (χ3v) is 2.46. The maximum atomic E-state index is 11.6. The Morgan fingerprint density at radius 3 is 2.40 bits per heavy atom. The molecule has 7 heteroatoms. The number of hydrogen-bond donors (Lipinski definition) is 2. The van der Waals surface area contributed by atoms with Gasteiger partial charge in [-0.1, -0.05) is 20.8 Å². The number of nitrogens with zero attached hydrogens (tertiary/aromatic N) is 2. The average Bonchev–Trinajstić information content (AvgIpc) is 2.42. The van der Waals surface area contributed by atoms with Crippen molar-refractivity contribution in [2.45, 2.75) is 20.8 Å². The van der Waals surface area contributed by atoms with E-state index in [-0.39, 0.29) is 11.6 Å². The van der Waals surface area contributed by atoms with Gasteiger partial charge in [0, 0.05) is 18.5 Å². The minimum absolute atomic E-state index is 0.00794. The zero-order chi connectivity index (χ0) is 15.2. The second-order valence-corrected chi connectivity index (χ2v) is 5.23. The molecular formula is C13H20N4O3. The zero-order valence-corrected chi connectivity index (χ0v) is 12.2.